The van der Waals surface area contributed by atoms with Gasteiger partial charge >= 0.3 is 0 Å². The normalized spacial score (nSPS) is 27.8. The third-order valence-electron chi connectivity index (χ3n) is 2.93. The first-order valence-electron chi connectivity index (χ1n) is 5.63. The van der Waals surface area contributed by atoms with Crippen molar-refractivity contribution in [3.8, 4) is 0 Å². The van der Waals surface area contributed by atoms with Crippen LogP contribution in [0.5, 0.6) is 0 Å². The fourth-order valence-corrected chi connectivity index (χ4v) is 1.88. The lowest BCUT2D eigenvalue weighted by Gasteiger charge is -2.25. The zero-order valence-electron chi connectivity index (χ0n) is 9.14. The van der Waals surface area contributed by atoms with Gasteiger partial charge in [0.15, 0.2) is 0 Å². The molecule has 0 N–H and O–H groups in total. The molecule has 0 aromatic rings. The molecular formula is C12H18F2O. The molecule has 1 aliphatic rings. The molecule has 0 fully saturated rings. The molecule has 0 saturated heterocycles. The van der Waals surface area contributed by atoms with Crippen LogP contribution in [-0.2, 0) is 4.79 Å². The van der Waals surface area contributed by atoms with Crippen molar-refractivity contribution in [1.82, 2.24) is 0 Å². The van der Waals surface area contributed by atoms with Gasteiger partial charge in [0, 0.05) is 18.8 Å². The minimum atomic E-state index is -2.80. The smallest absolute Gasteiger partial charge is 0.269 e. The summed E-state index contributed by atoms with van der Waals surface area (Å²) in [5.41, 5.74) is 0. The molecule has 1 aliphatic carbocycles. The Morgan fingerprint density at radius 2 is 2.20 bits per heavy atom. The summed E-state index contributed by atoms with van der Waals surface area (Å²) in [4.78, 5) is 11.2. The third-order valence-corrected chi connectivity index (χ3v) is 2.93. The van der Waals surface area contributed by atoms with E-state index in [1.165, 1.54) is 0 Å². The van der Waals surface area contributed by atoms with Crippen LogP contribution in [0.15, 0.2) is 12.2 Å². The fraction of sp³-hybridized carbons (Fsp3) is 0.750. The third kappa shape index (κ3) is 3.73. The van der Waals surface area contributed by atoms with Crippen LogP contribution in [0.25, 0.3) is 0 Å². The fourth-order valence-electron chi connectivity index (χ4n) is 1.88. The van der Waals surface area contributed by atoms with E-state index in [4.69, 9.17) is 0 Å². The second-order valence-corrected chi connectivity index (χ2v) is 4.15. The molecule has 0 heterocycles. The van der Waals surface area contributed by atoms with Crippen molar-refractivity contribution < 1.29 is 13.6 Å². The molecule has 0 amide bonds. The van der Waals surface area contributed by atoms with Crippen molar-refractivity contribution in [3.05, 3.63) is 12.2 Å². The lowest BCUT2D eigenvalue weighted by Crippen LogP contribution is -2.28. The summed E-state index contributed by atoms with van der Waals surface area (Å²) in [5, 5.41) is 0. The van der Waals surface area contributed by atoms with Crippen LogP contribution in [0.4, 0.5) is 8.78 Å². The molecule has 0 saturated carbocycles. The maximum atomic E-state index is 13.6. The average Bonchev–Trinajstić information content (AvgIpc) is 2.18. The van der Waals surface area contributed by atoms with Crippen LogP contribution in [0.1, 0.15) is 45.4 Å². The van der Waals surface area contributed by atoms with Gasteiger partial charge in [-0.3, -0.25) is 4.79 Å². The highest BCUT2D eigenvalue weighted by Crippen LogP contribution is 2.35. The minimum Gasteiger partial charge on any atom is -0.300 e. The summed E-state index contributed by atoms with van der Waals surface area (Å²) in [6.45, 7) is 1.72. The predicted octanol–water partition coefficient (Wildman–Crippen LogP) is 3.74. The molecule has 0 spiro atoms. The number of hydrogen-bond donors (Lipinski definition) is 0. The Balaban J connectivity index is 2.68. The van der Waals surface area contributed by atoms with Crippen LogP contribution < -0.4 is 0 Å². The van der Waals surface area contributed by atoms with Crippen LogP contribution in [0, 0.1) is 5.92 Å². The van der Waals surface area contributed by atoms with Crippen LogP contribution in [0.3, 0.4) is 0 Å². The largest absolute Gasteiger partial charge is 0.300 e. The Morgan fingerprint density at radius 3 is 2.87 bits per heavy atom. The summed E-state index contributed by atoms with van der Waals surface area (Å²) in [7, 11) is 0. The van der Waals surface area contributed by atoms with Gasteiger partial charge in [-0.25, -0.2) is 8.78 Å². The number of Topliss-reactive ketones (excluding diaryl/α,β-unsaturated/α-hetero) is 1. The van der Waals surface area contributed by atoms with E-state index in [-0.39, 0.29) is 12.2 Å². The van der Waals surface area contributed by atoms with Crippen LogP contribution in [0.2, 0.25) is 0 Å². The topological polar surface area (TPSA) is 17.1 Å². The quantitative estimate of drug-likeness (QED) is 0.657. The van der Waals surface area contributed by atoms with Gasteiger partial charge in [-0.05, 0) is 25.3 Å². The van der Waals surface area contributed by atoms with E-state index < -0.39 is 11.8 Å². The number of carbonyl (C=O) groups is 1. The lowest BCUT2D eigenvalue weighted by atomic mass is 9.87. The van der Waals surface area contributed by atoms with Crippen molar-refractivity contribution in [1.29, 1.82) is 0 Å². The van der Waals surface area contributed by atoms with Gasteiger partial charge in [0.25, 0.3) is 5.92 Å². The van der Waals surface area contributed by atoms with E-state index in [0.29, 0.717) is 12.8 Å². The molecule has 0 aromatic heterocycles. The predicted molar refractivity (Wildman–Crippen MR) is 56.0 cm³/mol. The summed E-state index contributed by atoms with van der Waals surface area (Å²) >= 11 is 0. The molecule has 1 nitrogen and oxygen atoms in total. The maximum Gasteiger partial charge on any atom is 0.269 e. The Labute approximate surface area is 89.6 Å². The van der Waals surface area contributed by atoms with Crippen molar-refractivity contribution >= 4 is 5.78 Å². The van der Waals surface area contributed by atoms with Crippen molar-refractivity contribution in [2.24, 2.45) is 5.92 Å². The van der Waals surface area contributed by atoms with Crippen molar-refractivity contribution in [2.45, 2.75) is 51.4 Å². The van der Waals surface area contributed by atoms with Gasteiger partial charge in [0.05, 0.1) is 0 Å². The first kappa shape index (κ1) is 12.3. The maximum absolute atomic E-state index is 13.6. The highest BCUT2D eigenvalue weighted by molar-refractivity contribution is 5.78. The zero-order valence-corrected chi connectivity index (χ0v) is 9.14. The number of ketones is 1. The molecule has 0 aromatic carbocycles. The number of halogens is 2. The number of rotatable bonds is 3. The molecule has 0 aliphatic heterocycles. The Morgan fingerprint density at radius 1 is 1.47 bits per heavy atom. The van der Waals surface area contributed by atoms with E-state index >= 15 is 0 Å². The molecular weight excluding hydrogens is 198 g/mol. The zero-order chi connectivity index (χ0) is 11.3. The molecule has 1 unspecified atom stereocenters. The van der Waals surface area contributed by atoms with E-state index in [1.54, 1.807) is 13.0 Å². The SMILES string of the molecule is CCC(=O)CC1CCCC/C=C\C1(F)F. The molecule has 0 radical (unpaired) electrons. The first-order chi connectivity index (χ1) is 7.06. The van der Waals surface area contributed by atoms with Crippen molar-refractivity contribution in [2.75, 3.05) is 0 Å². The van der Waals surface area contributed by atoms with Crippen LogP contribution >= 0.6 is 0 Å². The molecule has 3 heteroatoms. The first-order valence-corrected chi connectivity index (χ1v) is 5.63. The highest BCUT2D eigenvalue weighted by atomic mass is 19.3. The van der Waals surface area contributed by atoms with Gasteiger partial charge in [-0.2, -0.15) is 0 Å². The number of allylic oxidation sites excluding steroid dienone is 2. The second-order valence-electron chi connectivity index (χ2n) is 4.15. The monoisotopic (exact) mass is 216 g/mol. The summed E-state index contributed by atoms with van der Waals surface area (Å²) in [5.74, 6) is -3.65. The van der Waals surface area contributed by atoms with Gasteiger partial charge < -0.3 is 0 Å². The Bertz CT molecular complexity index is 246. The number of hydrogen-bond acceptors (Lipinski definition) is 1. The lowest BCUT2D eigenvalue weighted by molar-refractivity contribution is -0.123. The summed E-state index contributed by atoms with van der Waals surface area (Å²) < 4.78 is 27.1. The Kier molecular flexibility index (Phi) is 4.43. The summed E-state index contributed by atoms with van der Waals surface area (Å²) in [6, 6.07) is 0. The van der Waals surface area contributed by atoms with Crippen LogP contribution in [-0.4, -0.2) is 11.7 Å². The van der Waals surface area contributed by atoms with E-state index in [2.05, 4.69) is 0 Å². The molecule has 1 rings (SSSR count). The molecule has 15 heavy (non-hydrogen) atoms. The average molecular weight is 216 g/mol. The van der Waals surface area contributed by atoms with E-state index in [0.717, 1.165) is 25.3 Å². The number of alkyl halides is 2. The van der Waals surface area contributed by atoms with Crippen molar-refractivity contribution in [3.63, 3.8) is 0 Å². The van der Waals surface area contributed by atoms with Gasteiger partial charge in [0.1, 0.15) is 5.78 Å². The highest BCUT2D eigenvalue weighted by Gasteiger charge is 2.37. The summed E-state index contributed by atoms with van der Waals surface area (Å²) in [6.07, 6.45) is 5.84. The van der Waals surface area contributed by atoms with E-state index in [1.807, 2.05) is 0 Å². The van der Waals surface area contributed by atoms with Gasteiger partial charge in [-0.1, -0.05) is 19.4 Å². The Hall–Kier alpha value is -0.730. The molecule has 86 valence electrons. The van der Waals surface area contributed by atoms with E-state index in [9.17, 15) is 13.6 Å². The number of carbonyl (C=O) groups excluding carboxylic acids is 1. The molecule has 0 bridgehead atoms. The van der Waals surface area contributed by atoms with Gasteiger partial charge in [0.2, 0.25) is 0 Å². The minimum absolute atomic E-state index is 0.0217. The molecule has 1 atom stereocenters. The standard InChI is InChI=1S/C12H18F2O/c1-2-11(15)9-10-7-5-3-4-6-8-12(10,13)14/h6,8,10H,2-5,7,9H2,1H3/b8-6-. The second kappa shape index (κ2) is 5.38. The van der Waals surface area contributed by atoms with Gasteiger partial charge in [-0.15, -0.1) is 0 Å².